The van der Waals surface area contributed by atoms with Gasteiger partial charge >= 0.3 is 0 Å². The number of rotatable bonds is 8. The molecular weight excluding hydrogens is 301 g/mol. The first-order valence-electron chi connectivity index (χ1n) is 5.89. The van der Waals surface area contributed by atoms with Gasteiger partial charge in [0.1, 0.15) is 5.82 Å². The summed E-state index contributed by atoms with van der Waals surface area (Å²) in [6.07, 6.45) is 1.23. The number of hydrogen-bond donors (Lipinski definition) is 1. The van der Waals surface area contributed by atoms with Crippen molar-refractivity contribution in [2.24, 2.45) is 5.73 Å². The topological polar surface area (TPSA) is 44.5 Å². The van der Waals surface area contributed by atoms with Crippen LogP contribution in [0.15, 0.2) is 22.7 Å². The summed E-state index contributed by atoms with van der Waals surface area (Å²) >= 11 is 3.23. The molecule has 102 valence electrons. The first-order chi connectivity index (χ1) is 8.63. The molecule has 0 aliphatic heterocycles. The lowest BCUT2D eigenvalue weighted by Crippen LogP contribution is -2.25. The summed E-state index contributed by atoms with van der Waals surface area (Å²) in [5, 5.41) is 0. The number of benzene rings is 1. The molecule has 1 atom stereocenters. The summed E-state index contributed by atoms with van der Waals surface area (Å²) in [6.45, 7) is 1.72. The van der Waals surface area contributed by atoms with E-state index >= 15 is 0 Å². The van der Waals surface area contributed by atoms with Gasteiger partial charge in [0.25, 0.3) is 0 Å². The zero-order valence-electron chi connectivity index (χ0n) is 10.5. The summed E-state index contributed by atoms with van der Waals surface area (Å²) in [4.78, 5) is 0. The maximum absolute atomic E-state index is 13.6. The Morgan fingerprint density at radius 1 is 1.33 bits per heavy atom. The van der Waals surface area contributed by atoms with Crippen molar-refractivity contribution in [3.05, 3.63) is 34.1 Å². The van der Waals surface area contributed by atoms with Gasteiger partial charge in [0.15, 0.2) is 0 Å². The van der Waals surface area contributed by atoms with Crippen LogP contribution in [-0.4, -0.2) is 33.0 Å². The molecule has 1 unspecified atom stereocenters. The van der Waals surface area contributed by atoms with E-state index in [1.54, 1.807) is 13.2 Å². The molecule has 0 fully saturated rings. The molecule has 0 bridgehead atoms. The maximum atomic E-state index is 13.6. The predicted molar refractivity (Wildman–Crippen MR) is 73.1 cm³/mol. The number of ether oxygens (including phenoxy) is 2. The van der Waals surface area contributed by atoms with Crippen LogP contribution in [0.2, 0.25) is 0 Å². The van der Waals surface area contributed by atoms with Crippen molar-refractivity contribution in [1.29, 1.82) is 0 Å². The van der Waals surface area contributed by atoms with E-state index in [-0.39, 0.29) is 11.9 Å². The van der Waals surface area contributed by atoms with Gasteiger partial charge in [0.05, 0.1) is 13.2 Å². The average molecular weight is 320 g/mol. The minimum atomic E-state index is -0.222. The molecule has 18 heavy (non-hydrogen) atoms. The number of halogens is 2. The fourth-order valence-electron chi connectivity index (χ4n) is 1.55. The number of methoxy groups -OCH3 is 1. The molecule has 3 nitrogen and oxygen atoms in total. The van der Waals surface area contributed by atoms with Gasteiger partial charge in [-0.1, -0.05) is 22.0 Å². The van der Waals surface area contributed by atoms with Crippen LogP contribution in [0.1, 0.15) is 12.0 Å². The highest BCUT2D eigenvalue weighted by Crippen LogP contribution is 2.16. The van der Waals surface area contributed by atoms with Gasteiger partial charge in [-0.25, -0.2) is 4.39 Å². The third kappa shape index (κ3) is 5.91. The Balaban J connectivity index is 2.28. The van der Waals surface area contributed by atoms with E-state index in [1.807, 2.05) is 6.07 Å². The van der Waals surface area contributed by atoms with E-state index in [9.17, 15) is 4.39 Å². The van der Waals surface area contributed by atoms with Crippen molar-refractivity contribution in [3.8, 4) is 0 Å². The largest absolute Gasteiger partial charge is 0.382 e. The molecule has 5 heteroatoms. The number of nitrogens with two attached hydrogens (primary N) is 1. The third-order valence-electron chi connectivity index (χ3n) is 2.56. The molecule has 0 heterocycles. The van der Waals surface area contributed by atoms with E-state index in [1.165, 1.54) is 6.07 Å². The Morgan fingerprint density at radius 3 is 2.78 bits per heavy atom. The Kier molecular flexibility index (Phi) is 7.42. The van der Waals surface area contributed by atoms with Gasteiger partial charge in [0, 0.05) is 24.2 Å². The highest BCUT2D eigenvalue weighted by molar-refractivity contribution is 9.10. The molecule has 1 aromatic rings. The quantitative estimate of drug-likeness (QED) is 0.749. The van der Waals surface area contributed by atoms with Crippen LogP contribution in [0.5, 0.6) is 0 Å². The Labute approximate surface area is 116 Å². The van der Waals surface area contributed by atoms with Gasteiger partial charge in [0.2, 0.25) is 0 Å². The molecule has 0 saturated carbocycles. The minimum Gasteiger partial charge on any atom is -0.382 e. The molecule has 0 radical (unpaired) electrons. The summed E-state index contributed by atoms with van der Waals surface area (Å²) in [7, 11) is 1.63. The average Bonchev–Trinajstić information content (AvgIpc) is 2.32. The van der Waals surface area contributed by atoms with E-state index < -0.39 is 0 Å². The molecule has 0 aliphatic carbocycles. The van der Waals surface area contributed by atoms with Crippen LogP contribution in [0.4, 0.5) is 4.39 Å². The monoisotopic (exact) mass is 319 g/mol. The van der Waals surface area contributed by atoms with Crippen molar-refractivity contribution < 1.29 is 13.9 Å². The van der Waals surface area contributed by atoms with E-state index in [0.717, 1.165) is 4.47 Å². The van der Waals surface area contributed by atoms with E-state index in [4.69, 9.17) is 15.2 Å². The maximum Gasteiger partial charge on any atom is 0.127 e. The lowest BCUT2D eigenvalue weighted by atomic mass is 10.0. The van der Waals surface area contributed by atoms with E-state index in [0.29, 0.717) is 38.2 Å². The second kappa shape index (κ2) is 8.58. The molecular formula is C13H19BrFNO2. The van der Waals surface area contributed by atoms with Crippen LogP contribution in [0.3, 0.4) is 0 Å². The summed E-state index contributed by atoms with van der Waals surface area (Å²) < 4.78 is 24.5. The zero-order valence-corrected chi connectivity index (χ0v) is 12.1. The minimum absolute atomic E-state index is 0.0942. The summed E-state index contributed by atoms with van der Waals surface area (Å²) in [5.74, 6) is -0.222. The highest BCUT2D eigenvalue weighted by Gasteiger charge is 2.08. The first-order valence-corrected chi connectivity index (χ1v) is 6.69. The normalized spacial score (nSPS) is 12.7. The van der Waals surface area contributed by atoms with Crippen LogP contribution in [-0.2, 0) is 15.9 Å². The molecule has 0 saturated heterocycles. The molecule has 1 rings (SSSR count). The molecule has 0 spiro atoms. The summed E-state index contributed by atoms with van der Waals surface area (Å²) in [6, 6.07) is 4.94. The van der Waals surface area contributed by atoms with Gasteiger partial charge in [-0.2, -0.15) is 0 Å². The Morgan fingerprint density at radius 2 is 2.11 bits per heavy atom. The predicted octanol–water partition coefficient (Wildman–Crippen LogP) is 2.51. The van der Waals surface area contributed by atoms with Gasteiger partial charge < -0.3 is 15.2 Å². The van der Waals surface area contributed by atoms with Gasteiger partial charge in [-0.3, -0.25) is 0 Å². The van der Waals surface area contributed by atoms with Crippen molar-refractivity contribution in [1.82, 2.24) is 0 Å². The molecule has 0 aliphatic rings. The molecule has 0 aromatic heterocycles. The third-order valence-corrected chi connectivity index (χ3v) is 3.06. The van der Waals surface area contributed by atoms with Crippen molar-refractivity contribution >= 4 is 15.9 Å². The van der Waals surface area contributed by atoms with Crippen molar-refractivity contribution in [2.75, 3.05) is 26.9 Å². The van der Waals surface area contributed by atoms with Crippen molar-refractivity contribution in [3.63, 3.8) is 0 Å². The molecule has 0 amide bonds. The van der Waals surface area contributed by atoms with Gasteiger partial charge in [-0.15, -0.1) is 0 Å². The van der Waals surface area contributed by atoms with Crippen LogP contribution in [0, 0.1) is 5.82 Å². The Hall–Kier alpha value is -0.490. The second-order valence-corrected chi connectivity index (χ2v) is 5.01. The SMILES string of the molecule is COCCOCCC(N)Cc1ccc(Br)cc1F. The van der Waals surface area contributed by atoms with Crippen LogP contribution in [0.25, 0.3) is 0 Å². The van der Waals surface area contributed by atoms with Crippen LogP contribution >= 0.6 is 15.9 Å². The Bertz CT molecular complexity index is 363. The number of hydrogen-bond acceptors (Lipinski definition) is 3. The highest BCUT2D eigenvalue weighted by atomic mass is 79.9. The summed E-state index contributed by atoms with van der Waals surface area (Å²) in [5.41, 5.74) is 6.58. The van der Waals surface area contributed by atoms with Crippen molar-refractivity contribution in [2.45, 2.75) is 18.9 Å². The fraction of sp³-hybridized carbons (Fsp3) is 0.538. The standard InChI is InChI=1S/C13H19BrFNO2/c1-17-6-7-18-5-4-12(16)8-10-2-3-11(14)9-13(10)15/h2-3,9,12H,4-8,16H2,1H3. The second-order valence-electron chi connectivity index (χ2n) is 4.09. The first kappa shape index (κ1) is 15.6. The zero-order chi connectivity index (χ0) is 13.4. The lowest BCUT2D eigenvalue weighted by Gasteiger charge is -2.12. The fourth-order valence-corrected chi connectivity index (χ4v) is 1.88. The van der Waals surface area contributed by atoms with Crippen LogP contribution < -0.4 is 5.73 Å². The van der Waals surface area contributed by atoms with E-state index in [2.05, 4.69) is 15.9 Å². The molecule has 1 aromatic carbocycles. The molecule has 2 N–H and O–H groups in total. The smallest absolute Gasteiger partial charge is 0.127 e. The lowest BCUT2D eigenvalue weighted by molar-refractivity contribution is 0.0672. The van der Waals surface area contributed by atoms with Gasteiger partial charge in [-0.05, 0) is 30.5 Å².